The molecule has 144 valence electrons. The number of anilines is 1. The molecule has 2 amide bonds. The summed E-state index contributed by atoms with van der Waals surface area (Å²) in [6, 6.07) is 8.17. The summed E-state index contributed by atoms with van der Waals surface area (Å²) < 4.78 is 15.6. The van der Waals surface area contributed by atoms with Crippen molar-refractivity contribution in [2.45, 2.75) is 18.4 Å². The van der Waals surface area contributed by atoms with Crippen molar-refractivity contribution in [3.63, 3.8) is 0 Å². The monoisotopic (exact) mass is 374 g/mol. The van der Waals surface area contributed by atoms with Gasteiger partial charge >= 0.3 is 11.8 Å². The number of benzene rings is 1. The molecule has 1 saturated carbocycles. The van der Waals surface area contributed by atoms with Crippen LogP contribution in [0.15, 0.2) is 41.0 Å². The van der Waals surface area contributed by atoms with Gasteiger partial charge in [0.05, 0.1) is 32.7 Å². The minimum absolute atomic E-state index is 0.00881. The van der Waals surface area contributed by atoms with Crippen molar-refractivity contribution in [1.29, 1.82) is 0 Å². The minimum Gasteiger partial charge on any atom is -0.497 e. The Morgan fingerprint density at radius 1 is 1.22 bits per heavy atom. The molecule has 8 heteroatoms. The van der Waals surface area contributed by atoms with Gasteiger partial charge in [0, 0.05) is 6.07 Å². The number of hydrogen-bond donors (Lipinski definition) is 3. The lowest BCUT2D eigenvalue weighted by Crippen LogP contribution is -2.45. The average Bonchev–Trinajstić information content (AvgIpc) is 3.40. The van der Waals surface area contributed by atoms with E-state index in [9.17, 15) is 14.7 Å². The van der Waals surface area contributed by atoms with Crippen LogP contribution in [-0.4, -0.2) is 37.7 Å². The highest BCUT2D eigenvalue weighted by Crippen LogP contribution is 2.45. The van der Waals surface area contributed by atoms with Gasteiger partial charge in [0.25, 0.3) is 0 Å². The molecule has 0 saturated heterocycles. The van der Waals surface area contributed by atoms with Gasteiger partial charge in [-0.15, -0.1) is 0 Å². The fourth-order valence-corrected chi connectivity index (χ4v) is 2.90. The first-order valence-corrected chi connectivity index (χ1v) is 8.55. The second-order valence-electron chi connectivity index (χ2n) is 6.38. The van der Waals surface area contributed by atoms with E-state index < -0.39 is 17.4 Å². The van der Waals surface area contributed by atoms with Gasteiger partial charge in [-0.05, 0) is 43.0 Å². The SMILES string of the molecule is COc1ccc(OC)c(NC(=O)C(=O)NCC(O)(c2ccco2)C2CC2)c1. The van der Waals surface area contributed by atoms with Gasteiger partial charge in [0.1, 0.15) is 22.9 Å². The molecular weight excluding hydrogens is 352 g/mol. The zero-order valence-corrected chi connectivity index (χ0v) is 15.2. The summed E-state index contributed by atoms with van der Waals surface area (Å²) in [5, 5.41) is 15.9. The molecule has 1 aromatic heterocycles. The highest BCUT2D eigenvalue weighted by atomic mass is 16.5. The molecule has 1 aliphatic rings. The smallest absolute Gasteiger partial charge is 0.313 e. The molecule has 0 radical (unpaired) electrons. The number of furan rings is 1. The van der Waals surface area contributed by atoms with Crippen LogP contribution in [0.1, 0.15) is 18.6 Å². The summed E-state index contributed by atoms with van der Waals surface area (Å²) >= 11 is 0. The van der Waals surface area contributed by atoms with Crippen LogP contribution in [0.4, 0.5) is 5.69 Å². The molecule has 3 N–H and O–H groups in total. The highest BCUT2D eigenvalue weighted by molar-refractivity contribution is 6.39. The molecule has 1 unspecified atom stereocenters. The topological polar surface area (TPSA) is 110 Å². The fourth-order valence-electron chi connectivity index (χ4n) is 2.90. The van der Waals surface area contributed by atoms with Crippen LogP contribution in [-0.2, 0) is 15.2 Å². The van der Waals surface area contributed by atoms with E-state index in [-0.39, 0.29) is 12.5 Å². The van der Waals surface area contributed by atoms with Gasteiger partial charge in [-0.1, -0.05) is 0 Å². The molecule has 2 aromatic rings. The molecule has 0 bridgehead atoms. The van der Waals surface area contributed by atoms with Crippen molar-refractivity contribution < 1.29 is 28.6 Å². The van der Waals surface area contributed by atoms with Crippen LogP contribution in [0.2, 0.25) is 0 Å². The third-order valence-corrected chi connectivity index (χ3v) is 4.58. The molecule has 8 nitrogen and oxygen atoms in total. The van der Waals surface area contributed by atoms with Crippen LogP contribution in [0.5, 0.6) is 11.5 Å². The molecule has 1 heterocycles. The predicted octanol–water partition coefficient (Wildman–Crippen LogP) is 1.65. The lowest BCUT2D eigenvalue weighted by atomic mass is 9.94. The normalized spacial score (nSPS) is 15.5. The van der Waals surface area contributed by atoms with Crippen LogP contribution in [0.25, 0.3) is 0 Å². The zero-order chi connectivity index (χ0) is 19.4. The molecule has 1 fully saturated rings. The Morgan fingerprint density at radius 2 is 2.00 bits per heavy atom. The molecule has 1 aliphatic carbocycles. The van der Waals surface area contributed by atoms with Crippen LogP contribution in [0.3, 0.4) is 0 Å². The number of nitrogens with one attached hydrogen (secondary N) is 2. The molecule has 0 aliphatic heterocycles. The number of hydrogen-bond acceptors (Lipinski definition) is 6. The van der Waals surface area contributed by atoms with Crippen LogP contribution >= 0.6 is 0 Å². The molecule has 0 spiro atoms. The Balaban J connectivity index is 1.65. The van der Waals surface area contributed by atoms with E-state index in [4.69, 9.17) is 13.9 Å². The molecule has 1 atom stereocenters. The van der Waals surface area contributed by atoms with E-state index in [1.54, 1.807) is 30.3 Å². The quantitative estimate of drug-likeness (QED) is 0.636. The van der Waals surface area contributed by atoms with Crippen molar-refractivity contribution in [2.24, 2.45) is 5.92 Å². The maximum atomic E-state index is 12.2. The molecule has 1 aromatic carbocycles. The second-order valence-corrected chi connectivity index (χ2v) is 6.38. The van der Waals surface area contributed by atoms with Gasteiger partial charge in [0.15, 0.2) is 0 Å². The van der Waals surface area contributed by atoms with Crippen molar-refractivity contribution in [1.82, 2.24) is 5.32 Å². The number of carbonyl (C=O) groups is 2. The van der Waals surface area contributed by atoms with E-state index in [0.29, 0.717) is 22.9 Å². The van der Waals surface area contributed by atoms with E-state index in [2.05, 4.69) is 10.6 Å². The predicted molar refractivity (Wildman–Crippen MR) is 96.5 cm³/mol. The second kappa shape index (κ2) is 7.71. The van der Waals surface area contributed by atoms with Crippen LogP contribution in [0, 0.1) is 5.92 Å². The maximum Gasteiger partial charge on any atom is 0.313 e. The Kier molecular flexibility index (Phi) is 5.36. The van der Waals surface area contributed by atoms with Crippen molar-refractivity contribution in [2.75, 3.05) is 26.1 Å². The Labute approximate surface area is 156 Å². The maximum absolute atomic E-state index is 12.2. The lowest BCUT2D eigenvalue weighted by Gasteiger charge is -2.26. The number of methoxy groups -OCH3 is 2. The van der Waals surface area contributed by atoms with Gasteiger partial charge in [0.2, 0.25) is 0 Å². The first kappa shape index (κ1) is 18.8. The third-order valence-electron chi connectivity index (χ3n) is 4.58. The van der Waals surface area contributed by atoms with Gasteiger partial charge in [-0.25, -0.2) is 0 Å². The Hall–Kier alpha value is -3.00. The lowest BCUT2D eigenvalue weighted by molar-refractivity contribution is -0.137. The summed E-state index contributed by atoms with van der Waals surface area (Å²) in [5.41, 5.74) is -1.02. The van der Waals surface area contributed by atoms with Crippen molar-refractivity contribution >= 4 is 17.5 Å². The van der Waals surface area contributed by atoms with E-state index in [0.717, 1.165) is 12.8 Å². The third kappa shape index (κ3) is 4.06. The first-order chi connectivity index (χ1) is 13.0. The van der Waals surface area contributed by atoms with Crippen molar-refractivity contribution in [3.8, 4) is 11.5 Å². The summed E-state index contributed by atoms with van der Waals surface area (Å²) in [6.07, 6.45) is 3.13. The summed E-state index contributed by atoms with van der Waals surface area (Å²) in [6.45, 7) is -0.118. The van der Waals surface area contributed by atoms with Crippen molar-refractivity contribution in [3.05, 3.63) is 42.4 Å². The summed E-state index contributed by atoms with van der Waals surface area (Å²) in [5.74, 6) is -0.482. The number of rotatable bonds is 7. The van der Waals surface area contributed by atoms with E-state index >= 15 is 0 Å². The molecule has 27 heavy (non-hydrogen) atoms. The average molecular weight is 374 g/mol. The van der Waals surface area contributed by atoms with E-state index in [1.165, 1.54) is 20.5 Å². The van der Waals surface area contributed by atoms with Gasteiger partial charge < -0.3 is 29.6 Å². The fraction of sp³-hybridized carbons (Fsp3) is 0.368. The number of ether oxygens (including phenoxy) is 2. The summed E-state index contributed by atoms with van der Waals surface area (Å²) in [7, 11) is 2.95. The highest BCUT2D eigenvalue weighted by Gasteiger charge is 2.47. The number of amides is 2. The van der Waals surface area contributed by atoms with E-state index in [1.807, 2.05) is 0 Å². The Morgan fingerprint density at radius 3 is 2.59 bits per heavy atom. The minimum atomic E-state index is -1.33. The Bertz CT molecular complexity index is 816. The molecular formula is C19H22N2O6. The van der Waals surface area contributed by atoms with Crippen LogP contribution < -0.4 is 20.1 Å². The van der Waals surface area contributed by atoms with Gasteiger partial charge in [-0.2, -0.15) is 0 Å². The molecule has 3 rings (SSSR count). The standard InChI is InChI=1S/C19H22N2O6/c1-25-13-7-8-15(26-2)14(10-13)21-18(23)17(22)20-11-19(24,12-5-6-12)16-4-3-9-27-16/h3-4,7-10,12,24H,5-6,11H2,1-2H3,(H,20,22)(H,21,23). The number of carbonyl (C=O) groups excluding carboxylic acids is 2. The summed E-state index contributed by atoms with van der Waals surface area (Å²) in [4.78, 5) is 24.5. The number of aliphatic hydroxyl groups is 1. The van der Waals surface area contributed by atoms with Gasteiger partial charge in [-0.3, -0.25) is 9.59 Å². The first-order valence-electron chi connectivity index (χ1n) is 8.55. The zero-order valence-electron chi connectivity index (χ0n) is 15.2. The largest absolute Gasteiger partial charge is 0.497 e.